The summed E-state index contributed by atoms with van der Waals surface area (Å²) in [5.74, 6) is -0.514. The smallest absolute Gasteiger partial charge is 0.253 e. The molecule has 1 fully saturated rings. The van der Waals surface area contributed by atoms with Crippen molar-refractivity contribution in [3.8, 4) is 0 Å². The molecular weight excluding hydrogens is 438 g/mol. The first-order valence-electron chi connectivity index (χ1n) is 10.9. The monoisotopic (exact) mass is 463 g/mol. The van der Waals surface area contributed by atoms with Crippen molar-refractivity contribution in [2.75, 3.05) is 36.5 Å². The molecule has 1 aliphatic heterocycles. The van der Waals surface area contributed by atoms with Gasteiger partial charge in [-0.15, -0.1) is 0 Å². The molecule has 0 aliphatic carbocycles. The molecular formula is C26H26ClN3O3. The number of halogens is 1. The number of hydrogen-bond donors (Lipinski definition) is 2. The molecule has 33 heavy (non-hydrogen) atoms. The van der Waals surface area contributed by atoms with Crippen molar-refractivity contribution < 1.29 is 14.3 Å². The average molecular weight is 464 g/mol. The van der Waals surface area contributed by atoms with Crippen LogP contribution in [0.5, 0.6) is 0 Å². The lowest BCUT2D eigenvalue weighted by atomic mass is 10.0. The maximum absolute atomic E-state index is 12.9. The molecule has 0 spiro atoms. The largest absolute Gasteiger partial charge is 0.378 e. The molecule has 170 valence electrons. The van der Waals surface area contributed by atoms with Gasteiger partial charge in [-0.3, -0.25) is 9.59 Å². The highest BCUT2D eigenvalue weighted by Crippen LogP contribution is 2.22. The summed E-state index contributed by atoms with van der Waals surface area (Å²) in [5, 5.41) is 6.26. The molecule has 0 unspecified atom stereocenters. The SMILES string of the molecule is O=C(C[C@@H](NC(=O)c1ccccc1Cl)c1ccccc1)Nc1ccc(N2CCOCC2)cc1. The van der Waals surface area contributed by atoms with E-state index in [1.165, 1.54) is 0 Å². The van der Waals surface area contributed by atoms with Gasteiger partial charge in [-0.25, -0.2) is 0 Å². The second kappa shape index (κ2) is 11.0. The third-order valence-electron chi connectivity index (χ3n) is 5.54. The Labute approximate surface area is 198 Å². The summed E-state index contributed by atoms with van der Waals surface area (Å²) in [6.45, 7) is 3.16. The van der Waals surface area contributed by atoms with Crippen LogP contribution in [0.2, 0.25) is 5.02 Å². The van der Waals surface area contributed by atoms with Gasteiger partial charge in [0.25, 0.3) is 5.91 Å². The van der Waals surface area contributed by atoms with Gasteiger partial charge < -0.3 is 20.3 Å². The van der Waals surface area contributed by atoms with E-state index in [1.807, 2.05) is 54.6 Å². The first-order chi connectivity index (χ1) is 16.1. The van der Waals surface area contributed by atoms with Crippen LogP contribution in [0.15, 0.2) is 78.9 Å². The average Bonchev–Trinajstić information content (AvgIpc) is 2.85. The second-order valence-corrected chi connectivity index (χ2v) is 8.22. The minimum Gasteiger partial charge on any atom is -0.378 e. The summed E-state index contributed by atoms with van der Waals surface area (Å²) in [6, 6.07) is 23.6. The number of carbonyl (C=O) groups excluding carboxylic acids is 2. The Morgan fingerprint density at radius 3 is 2.27 bits per heavy atom. The topological polar surface area (TPSA) is 70.7 Å². The van der Waals surface area contributed by atoms with Gasteiger partial charge in [-0.1, -0.05) is 54.1 Å². The van der Waals surface area contributed by atoms with E-state index in [0.29, 0.717) is 16.3 Å². The molecule has 7 heteroatoms. The Morgan fingerprint density at radius 1 is 0.909 bits per heavy atom. The normalized spacial score (nSPS) is 14.4. The minimum atomic E-state index is -0.498. The van der Waals surface area contributed by atoms with E-state index in [-0.39, 0.29) is 18.2 Å². The van der Waals surface area contributed by atoms with Crippen LogP contribution in [-0.4, -0.2) is 38.1 Å². The van der Waals surface area contributed by atoms with Crippen LogP contribution >= 0.6 is 11.6 Å². The molecule has 0 saturated carbocycles. The van der Waals surface area contributed by atoms with Crippen molar-refractivity contribution >= 4 is 34.8 Å². The van der Waals surface area contributed by atoms with E-state index in [4.69, 9.17) is 16.3 Å². The van der Waals surface area contributed by atoms with Gasteiger partial charge in [0.2, 0.25) is 5.91 Å². The second-order valence-electron chi connectivity index (χ2n) is 7.82. The van der Waals surface area contributed by atoms with Gasteiger partial charge in [0.15, 0.2) is 0 Å². The number of nitrogens with one attached hydrogen (secondary N) is 2. The number of hydrogen-bond acceptors (Lipinski definition) is 4. The van der Waals surface area contributed by atoms with Gasteiger partial charge >= 0.3 is 0 Å². The lowest BCUT2D eigenvalue weighted by molar-refractivity contribution is -0.116. The van der Waals surface area contributed by atoms with E-state index in [1.54, 1.807) is 24.3 Å². The van der Waals surface area contributed by atoms with Crippen molar-refractivity contribution in [2.45, 2.75) is 12.5 Å². The Morgan fingerprint density at radius 2 is 1.58 bits per heavy atom. The summed E-state index contributed by atoms with van der Waals surface area (Å²) >= 11 is 6.18. The lowest BCUT2D eigenvalue weighted by Crippen LogP contribution is -2.36. The van der Waals surface area contributed by atoms with E-state index < -0.39 is 6.04 Å². The highest BCUT2D eigenvalue weighted by atomic mass is 35.5. The Kier molecular flexibility index (Phi) is 7.60. The maximum atomic E-state index is 12.9. The number of nitrogens with zero attached hydrogens (tertiary/aromatic N) is 1. The van der Waals surface area contributed by atoms with Crippen LogP contribution in [0.1, 0.15) is 28.4 Å². The van der Waals surface area contributed by atoms with Crippen molar-refractivity contribution in [1.29, 1.82) is 0 Å². The molecule has 1 atom stereocenters. The summed E-state index contributed by atoms with van der Waals surface area (Å²) in [5.41, 5.74) is 3.03. The van der Waals surface area contributed by atoms with Crippen LogP contribution in [0.25, 0.3) is 0 Å². The van der Waals surface area contributed by atoms with Crippen LogP contribution < -0.4 is 15.5 Å². The number of ether oxygens (including phenoxy) is 1. The van der Waals surface area contributed by atoms with Gasteiger partial charge in [0, 0.05) is 24.5 Å². The van der Waals surface area contributed by atoms with E-state index in [2.05, 4.69) is 15.5 Å². The van der Waals surface area contributed by atoms with E-state index in [9.17, 15) is 9.59 Å². The molecule has 0 radical (unpaired) electrons. The number of morpholine rings is 1. The Bertz CT molecular complexity index is 1080. The van der Waals surface area contributed by atoms with Gasteiger partial charge in [-0.2, -0.15) is 0 Å². The molecule has 1 heterocycles. The fourth-order valence-corrected chi connectivity index (χ4v) is 4.02. The number of carbonyl (C=O) groups is 2. The molecule has 3 aromatic rings. The molecule has 0 bridgehead atoms. The number of anilines is 2. The summed E-state index contributed by atoms with van der Waals surface area (Å²) in [4.78, 5) is 27.9. The first-order valence-corrected chi connectivity index (χ1v) is 11.3. The third-order valence-corrected chi connectivity index (χ3v) is 5.87. The zero-order chi connectivity index (χ0) is 23.0. The van der Waals surface area contributed by atoms with Crippen LogP contribution in [0, 0.1) is 0 Å². The number of benzene rings is 3. The summed E-state index contributed by atoms with van der Waals surface area (Å²) in [7, 11) is 0. The highest BCUT2D eigenvalue weighted by Gasteiger charge is 2.20. The van der Waals surface area contributed by atoms with E-state index >= 15 is 0 Å². The molecule has 4 rings (SSSR count). The number of rotatable bonds is 7. The standard InChI is InChI=1S/C26H26ClN3O3/c27-23-9-5-4-8-22(23)26(32)29-24(19-6-2-1-3-7-19)18-25(31)28-20-10-12-21(13-11-20)30-14-16-33-17-15-30/h1-13,24H,14-18H2,(H,28,31)(H,29,32)/t24-/m1/s1. The first kappa shape index (κ1) is 22.8. The Hall–Kier alpha value is -3.35. The maximum Gasteiger partial charge on any atom is 0.253 e. The number of amides is 2. The Balaban J connectivity index is 1.43. The molecule has 0 aromatic heterocycles. The zero-order valence-electron chi connectivity index (χ0n) is 18.2. The summed E-state index contributed by atoms with van der Waals surface area (Å²) in [6.07, 6.45) is 0.0887. The predicted octanol–water partition coefficient (Wildman–Crippen LogP) is 4.68. The van der Waals surface area contributed by atoms with Crippen LogP contribution in [-0.2, 0) is 9.53 Å². The van der Waals surface area contributed by atoms with Crippen molar-refractivity contribution in [3.05, 3.63) is 95.0 Å². The lowest BCUT2D eigenvalue weighted by Gasteiger charge is -2.28. The molecule has 3 aromatic carbocycles. The fraction of sp³-hybridized carbons (Fsp3) is 0.231. The molecule has 2 N–H and O–H groups in total. The van der Waals surface area contributed by atoms with Gasteiger partial charge in [0.1, 0.15) is 0 Å². The van der Waals surface area contributed by atoms with Crippen molar-refractivity contribution in [3.63, 3.8) is 0 Å². The molecule has 2 amide bonds. The van der Waals surface area contributed by atoms with Crippen molar-refractivity contribution in [1.82, 2.24) is 5.32 Å². The molecule has 6 nitrogen and oxygen atoms in total. The molecule has 1 aliphatic rings. The minimum absolute atomic E-state index is 0.0887. The quantitative estimate of drug-likeness (QED) is 0.534. The van der Waals surface area contributed by atoms with Gasteiger partial charge in [0.05, 0.1) is 36.3 Å². The summed E-state index contributed by atoms with van der Waals surface area (Å²) < 4.78 is 5.40. The van der Waals surface area contributed by atoms with E-state index in [0.717, 1.165) is 37.6 Å². The van der Waals surface area contributed by atoms with Gasteiger partial charge in [-0.05, 0) is 42.0 Å². The fourth-order valence-electron chi connectivity index (χ4n) is 3.79. The third kappa shape index (κ3) is 6.12. The van der Waals surface area contributed by atoms with Crippen LogP contribution in [0.3, 0.4) is 0 Å². The molecule has 1 saturated heterocycles. The zero-order valence-corrected chi connectivity index (χ0v) is 18.9. The predicted molar refractivity (Wildman–Crippen MR) is 131 cm³/mol. The van der Waals surface area contributed by atoms with Crippen LogP contribution in [0.4, 0.5) is 11.4 Å². The highest BCUT2D eigenvalue weighted by molar-refractivity contribution is 6.33. The van der Waals surface area contributed by atoms with Crippen molar-refractivity contribution in [2.24, 2.45) is 0 Å².